The Hall–Kier alpha value is -2.61. The minimum Gasteiger partial charge on any atom is -0.423 e. The van der Waals surface area contributed by atoms with Gasteiger partial charge in [0.15, 0.2) is 11.0 Å². The zero-order chi connectivity index (χ0) is 21.8. The standard InChI is InChI=1S/C23H22ClN3O3S/c1-15-4-9-19-17(13-21(28)30-20(19)12-15)14-31-23-26-25-22(27(23)10-3-11-29-2)16-5-7-18(24)8-6-16/h4-9,12-13H,3,10-11,14H2,1-2H3. The summed E-state index contributed by atoms with van der Waals surface area (Å²) in [7, 11) is 1.69. The Bertz CT molecular complexity index is 1250. The molecule has 8 heteroatoms. The fourth-order valence-electron chi connectivity index (χ4n) is 3.38. The van der Waals surface area contributed by atoms with Crippen molar-refractivity contribution in [2.24, 2.45) is 0 Å². The van der Waals surface area contributed by atoms with E-state index in [0.717, 1.165) is 46.0 Å². The molecule has 0 aliphatic rings. The highest BCUT2D eigenvalue weighted by molar-refractivity contribution is 7.98. The fourth-order valence-corrected chi connectivity index (χ4v) is 4.46. The van der Waals surface area contributed by atoms with Gasteiger partial charge in [-0.15, -0.1) is 10.2 Å². The summed E-state index contributed by atoms with van der Waals surface area (Å²) in [5.41, 5.74) is 3.16. The van der Waals surface area contributed by atoms with Gasteiger partial charge in [0.1, 0.15) is 5.58 Å². The summed E-state index contributed by atoms with van der Waals surface area (Å²) in [6.07, 6.45) is 0.833. The third-order valence-electron chi connectivity index (χ3n) is 4.89. The number of fused-ring (bicyclic) bond motifs is 1. The molecule has 0 unspecified atom stereocenters. The molecule has 2 heterocycles. The lowest BCUT2D eigenvalue weighted by atomic mass is 10.1. The number of halogens is 1. The predicted molar refractivity (Wildman–Crippen MR) is 124 cm³/mol. The molecule has 0 aliphatic carbocycles. The predicted octanol–water partition coefficient (Wildman–Crippen LogP) is 5.34. The van der Waals surface area contributed by atoms with E-state index in [1.807, 2.05) is 49.4 Å². The van der Waals surface area contributed by atoms with Crippen LogP contribution in [0.4, 0.5) is 0 Å². The molecule has 4 aromatic rings. The molecule has 31 heavy (non-hydrogen) atoms. The van der Waals surface area contributed by atoms with Crippen molar-refractivity contribution in [3.05, 3.63) is 75.1 Å². The molecule has 0 spiro atoms. The monoisotopic (exact) mass is 455 g/mol. The van der Waals surface area contributed by atoms with Crippen LogP contribution in [0.5, 0.6) is 0 Å². The summed E-state index contributed by atoms with van der Waals surface area (Å²) in [6.45, 7) is 3.34. The number of hydrogen-bond donors (Lipinski definition) is 0. The van der Waals surface area contributed by atoms with Gasteiger partial charge in [-0.05, 0) is 54.8 Å². The first-order chi connectivity index (χ1) is 15.0. The van der Waals surface area contributed by atoms with Crippen molar-refractivity contribution in [2.45, 2.75) is 30.8 Å². The van der Waals surface area contributed by atoms with E-state index in [4.69, 9.17) is 20.8 Å². The summed E-state index contributed by atoms with van der Waals surface area (Å²) in [6, 6.07) is 15.0. The molecule has 0 fully saturated rings. The second kappa shape index (κ2) is 9.68. The Balaban J connectivity index is 1.65. The molecule has 0 aliphatic heterocycles. The van der Waals surface area contributed by atoms with Crippen molar-refractivity contribution in [2.75, 3.05) is 13.7 Å². The summed E-state index contributed by atoms with van der Waals surface area (Å²) in [4.78, 5) is 12.1. The minimum atomic E-state index is -0.350. The molecule has 0 saturated carbocycles. The number of hydrogen-bond acceptors (Lipinski definition) is 6. The van der Waals surface area contributed by atoms with E-state index >= 15 is 0 Å². The third kappa shape index (κ3) is 5.01. The second-order valence-corrected chi connectivity index (χ2v) is 8.57. The fraction of sp³-hybridized carbons (Fsp3) is 0.261. The van der Waals surface area contributed by atoms with E-state index in [1.54, 1.807) is 24.9 Å². The lowest BCUT2D eigenvalue weighted by Gasteiger charge is -2.11. The average molecular weight is 456 g/mol. The lowest BCUT2D eigenvalue weighted by Crippen LogP contribution is -2.06. The van der Waals surface area contributed by atoms with Gasteiger partial charge in [0, 0.05) is 48.1 Å². The molecule has 0 amide bonds. The maximum absolute atomic E-state index is 12.1. The van der Waals surface area contributed by atoms with Crippen LogP contribution < -0.4 is 5.63 Å². The van der Waals surface area contributed by atoms with Gasteiger partial charge in [0.25, 0.3) is 0 Å². The number of benzene rings is 2. The van der Waals surface area contributed by atoms with E-state index in [0.29, 0.717) is 23.0 Å². The van der Waals surface area contributed by atoms with Crippen molar-refractivity contribution in [3.63, 3.8) is 0 Å². The van der Waals surface area contributed by atoms with Crippen molar-refractivity contribution in [1.82, 2.24) is 14.8 Å². The second-order valence-electron chi connectivity index (χ2n) is 7.19. The number of aromatic nitrogens is 3. The highest BCUT2D eigenvalue weighted by Gasteiger charge is 2.16. The van der Waals surface area contributed by atoms with Gasteiger partial charge in [-0.3, -0.25) is 0 Å². The number of nitrogens with zero attached hydrogens (tertiary/aromatic N) is 3. The molecular weight excluding hydrogens is 434 g/mol. The summed E-state index contributed by atoms with van der Waals surface area (Å²) < 4.78 is 12.7. The van der Waals surface area contributed by atoms with Crippen molar-refractivity contribution in [3.8, 4) is 11.4 Å². The van der Waals surface area contributed by atoms with Gasteiger partial charge < -0.3 is 13.7 Å². The van der Waals surface area contributed by atoms with Gasteiger partial charge in [-0.25, -0.2) is 4.79 Å². The van der Waals surface area contributed by atoms with Gasteiger partial charge >= 0.3 is 5.63 Å². The molecule has 160 valence electrons. The van der Waals surface area contributed by atoms with E-state index < -0.39 is 0 Å². The average Bonchev–Trinajstić information content (AvgIpc) is 3.15. The maximum atomic E-state index is 12.1. The summed E-state index contributed by atoms with van der Waals surface area (Å²) >= 11 is 7.58. The molecule has 0 radical (unpaired) electrons. The summed E-state index contributed by atoms with van der Waals surface area (Å²) in [5.74, 6) is 1.36. The maximum Gasteiger partial charge on any atom is 0.336 e. The van der Waals surface area contributed by atoms with Crippen LogP contribution in [0.15, 0.2) is 62.9 Å². The normalized spacial score (nSPS) is 11.3. The minimum absolute atomic E-state index is 0.350. The van der Waals surface area contributed by atoms with Crippen LogP contribution in [0.3, 0.4) is 0 Å². The van der Waals surface area contributed by atoms with E-state index in [1.165, 1.54) is 0 Å². The lowest BCUT2D eigenvalue weighted by molar-refractivity contribution is 0.189. The van der Waals surface area contributed by atoms with Crippen LogP contribution in [0.2, 0.25) is 5.02 Å². The number of rotatable bonds is 8. The van der Waals surface area contributed by atoms with Crippen molar-refractivity contribution < 1.29 is 9.15 Å². The molecule has 6 nitrogen and oxygen atoms in total. The largest absolute Gasteiger partial charge is 0.423 e. The van der Waals surface area contributed by atoms with Crippen LogP contribution in [-0.4, -0.2) is 28.5 Å². The number of methoxy groups -OCH3 is 1. The smallest absolute Gasteiger partial charge is 0.336 e. The van der Waals surface area contributed by atoms with Crippen LogP contribution in [0.25, 0.3) is 22.4 Å². The molecule has 2 aromatic carbocycles. The molecule has 0 N–H and O–H groups in total. The van der Waals surface area contributed by atoms with E-state index in [-0.39, 0.29) is 5.63 Å². The Morgan fingerprint density at radius 2 is 1.94 bits per heavy atom. The quantitative estimate of drug-likeness (QED) is 0.203. The zero-order valence-corrected chi connectivity index (χ0v) is 18.9. The first kappa shape index (κ1) is 21.6. The van der Waals surface area contributed by atoms with Gasteiger partial charge in [-0.1, -0.05) is 35.5 Å². The number of aryl methyl sites for hydroxylation is 1. The molecule has 0 saturated heterocycles. The molecule has 4 rings (SSSR count). The Kier molecular flexibility index (Phi) is 6.75. The Morgan fingerprint density at radius 1 is 1.13 bits per heavy atom. The van der Waals surface area contributed by atoms with Crippen molar-refractivity contribution in [1.29, 1.82) is 0 Å². The van der Waals surface area contributed by atoms with Crippen molar-refractivity contribution >= 4 is 34.3 Å². The molecule has 0 atom stereocenters. The van der Waals surface area contributed by atoms with Gasteiger partial charge in [0.05, 0.1) is 0 Å². The van der Waals surface area contributed by atoms with Crippen LogP contribution >= 0.6 is 23.4 Å². The SMILES string of the molecule is COCCCn1c(SCc2cc(=O)oc3cc(C)ccc23)nnc1-c1ccc(Cl)cc1. The summed E-state index contributed by atoms with van der Waals surface area (Å²) in [5, 5.41) is 11.2. The van der Waals surface area contributed by atoms with Gasteiger partial charge in [0.2, 0.25) is 0 Å². The Morgan fingerprint density at radius 3 is 2.71 bits per heavy atom. The molecular formula is C23H22ClN3O3S. The molecule has 2 aromatic heterocycles. The van der Waals surface area contributed by atoms with Gasteiger partial charge in [-0.2, -0.15) is 0 Å². The highest BCUT2D eigenvalue weighted by atomic mass is 35.5. The number of thioether (sulfide) groups is 1. The highest BCUT2D eigenvalue weighted by Crippen LogP contribution is 2.29. The topological polar surface area (TPSA) is 70.2 Å². The first-order valence-electron chi connectivity index (χ1n) is 9.89. The zero-order valence-electron chi connectivity index (χ0n) is 17.3. The molecule has 0 bridgehead atoms. The van der Waals surface area contributed by atoms with Crippen LogP contribution in [0, 0.1) is 6.92 Å². The first-order valence-corrected chi connectivity index (χ1v) is 11.3. The van der Waals surface area contributed by atoms with Crippen LogP contribution in [0.1, 0.15) is 17.5 Å². The third-order valence-corrected chi connectivity index (χ3v) is 6.16. The van der Waals surface area contributed by atoms with Crippen LogP contribution in [-0.2, 0) is 17.0 Å². The van der Waals surface area contributed by atoms with E-state index in [9.17, 15) is 4.79 Å². The van der Waals surface area contributed by atoms with E-state index in [2.05, 4.69) is 14.8 Å². The Labute approximate surface area is 189 Å². The number of ether oxygens (including phenoxy) is 1.